The van der Waals surface area contributed by atoms with E-state index in [9.17, 15) is 4.79 Å². The van der Waals surface area contributed by atoms with Gasteiger partial charge in [-0.15, -0.1) is 13.2 Å². The van der Waals surface area contributed by atoms with Gasteiger partial charge in [-0.05, 0) is 24.1 Å². The number of carbonyl (C=O) groups excluding carboxylic acids is 1. The number of aromatic nitrogens is 1. The zero-order chi connectivity index (χ0) is 20.1. The lowest BCUT2D eigenvalue weighted by Gasteiger charge is -2.21. The van der Waals surface area contributed by atoms with Crippen LogP contribution in [0.2, 0.25) is 0 Å². The average molecular weight is 374 g/mol. The third-order valence-corrected chi connectivity index (χ3v) is 4.81. The molecule has 1 amide bonds. The van der Waals surface area contributed by atoms with Gasteiger partial charge in [0.1, 0.15) is 12.4 Å². The van der Waals surface area contributed by atoms with Gasteiger partial charge in [-0.3, -0.25) is 4.79 Å². The Labute approximate surface area is 166 Å². The lowest BCUT2D eigenvalue weighted by atomic mass is 10.1. The minimum absolute atomic E-state index is 0.0345. The van der Waals surface area contributed by atoms with E-state index in [0.29, 0.717) is 13.2 Å². The van der Waals surface area contributed by atoms with E-state index in [2.05, 4.69) is 25.1 Å². The van der Waals surface area contributed by atoms with Gasteiger partial charge in [-0.2, -0.15) is 0 Å². The third-order valence-electron chi connectivity index (χ3n) is 4.81. The largest absolute Gasteiger partial charge is 0.487 e. The summed E-state index contributed by atoms with van der Waals surface area (Å²) in [4.78, 5) is 17.3. The van der Waals surface area contributed by atoms with Crippen molar-refractivity contribution in [3.05, 3.63) is 84.6 Å². The normalized spacial score (nSPS) is 10.6. The molecule has 4 nitrogen and oxygen atoms in total. The molecule has 4 heteroatoms. The highest BCUT2D eigenvalue weighted by atomic mass is 16.5. The van der Waals surface area contributed by atoms with Gasteiger partial charge in [0.05, 0.1) is 5.52 Å². The minimum Gasteiger partial charge on any atom is -0.487 e. The summed E-state index contributed by atoms with van der Waals surface area (Å²) in [5.74, 6) is 0.692. The van der Waals surface area contributed by atoms with E-state index in [4.69, 9.17) is 4.74 Å². The smallest absolute Gasteiger partial charge is 0.224 e. The Morgan fingerprint density at radius 1 is 1.18 bits per heavy atom. The number of allylic oxidation sites excluding steroid dienone is 1. The van der Waals surface area contributed by atoms with Crippen molar-refractivity contribution in [2.24, 2.45) is 0 Å². The number of nitrogens with one attached hydrogen (secondary N) is 1. The Balaban J connectivity index is 2.09. The van der Waals surface area contributed by atoms with Crippen LogP contribution in [0.1, 0.15) is 23.7 Å². The predicted octanol–water partition coefficient (Wildman–Crippen LogP) is 5.32. The Kier molecular flexibility index (Phi) is 5.99. The van der Waals surface area contributed by atoms with Gasteiger partial charge in [-0.1, -0.05) is 42.5 Å². The van der Waals surface area contributed by atoms with Crippen LogP contribution in [0.3, 0.4) is 0 Å². The molecule has 144 valence electrons. The summed E-state index contributed by atoms with van der Waals surface area (Å²) < 4.78 is 6.18. The maximum absolute atomic E-state index is 12.2. The molecule has 0 bridgehead atoms. The third kappa shape index (κ3) is 4.01. The molecule has 0 fully saturated rings. The SMILES string of the molecule is C=CCc1[nH]c2c(OCc3ccccc3)cc(N(CC=C)C(C)=O)cc2c1C. The summed E-state index contributed by atoms with van der Waals surface area (Å²) in [6.45, 7) is 12.2. The first-order valence-corrected chi connectivity index (χ1v) is 9.37. The fourth-order valence-corrected chi connectivity index (χ4v) is 3.33. The van der Waals surface area contributed by atoms with E-state index in [0.717, 1.165) is 45.6 Å². The Hall–Kier alpha value is -3.27. The summed E-state index contributed by atoms with van der Waals surface area (Å²) in [6, 6.07) is 14.0. The van der Waals surface area contributed by atoms with Crippen molar-refractivity contribution in [1.29, 1.82) is 0 Å². The van der Waals surface area contributed by atoms with Crippen LogP contribution in [0.5, 0.6) is 5.75 Å². The number of H-pyrrole nitrogens is 1. The molecule has 3 aromatic rings. The van der Waals surface area contributed by atoms with Crippen LogP contribution in [0.4, 0.5) is 5.69 Å². The number of aryl methyl sites for hydroxylation is 1. The molecule has 0 aliphatic heterocycles. The number of fused-ring (bicyclic) bond motifs is 1. The van der Waals surface area contributed by atoms with Gasteiger partial charge in [-0.25, -0.2) is 0 Å². The van der Waals surface area contributed by atoms with Crippen LogP contribution in [0.25, 0.3) is 10.9 Å². The summed E-state index contributed by atoms with van der Waals surface area (Å²) in [6.07, 6.45) is 4.35. The minimum atomic E-state index is -0.0345. The number of ether oxygens (including phenoxy) is 1. The van der Waals surface area contributed by atoms with E-state index in [-0.39, 0.29) is 5.91 Å². The van der Waals surface area contributed by atoms with Crippen LogP contribution in [-0.4, -0.2) is 17.4 Å². The van der Waals surface area contributed by atoms with Gasteiger partial charge in [0, 0.05) is 42.7 Å². The van der Waals surface area contributed by atoms with Crippen molar-refractivity contribution in [3.8, 4) is 5.75 Å². The zero-order valence-corrected chi connectivity index (χ0v) is 16.5. The van der Waals surface area contributed by atoms with Crippen LogP contribution in [-0.2, 0) is 17.8 Å². The first kappa shape index (κ1) is 19.5. The summed E-state index contributed by atoms with van der Waals surface area (Å²) >= 11 is 0. The molecule has 28 heavy (non-hydrogen) atoms. The van der Waals surface area contributed by atoms with Crippen molar-refractivity contribution in [1.82, 2.24) is 4.98 Å². The van der Waals surface area contributed by atoms with Gasteiger partial charge >= 0.3 is 0 Å². The molecule has 2 aromatic carbocycles. The summed E-state index contributed by atoms with van der Waals surface area (Å²) in [5, 5.41) is 1.05. The van der Waals surface area contributed by atoms with Crippen LogP contribution >= 0.6 is 0 Å². The number of rotatable bonds is 8. The highest BCUT2D eigenvalue weighted by molar-refractivity contribution is 5.98. The molecule has 0 aliphatic rings. The lowest BCUT2D eigenvalue weighted by molar-refractivity contribution is -0.116. The van der Waals surface area contributed by atoms with E-state index < -0.39 is 0 Å². The second kappa shape index (κ2) is 8.61. The lowest BCUT2D eigenvalue weighted by Crippen LogP contribution is -2.28. The highest BCUT2D eigenvalue weighted by Crippen LogP contribution is 2.35. The summed E-state index contributed by atoms with van der Waals surface area (Å²) in [7, 11) is 0. The summed E-state index contributed by atoms with van der Waals surface area (Å²) in [5.41, 5.74) is 5.07. The molecule has 0 unspecified atom stereocenters. The monoisotopic (exact) mass is 374 g/mol. The molecular weight excluding hydrogens is 348 g/mol. The van der Waals surface area contributed by atoms with Crippen LogP contribution < -0.4 is 9.64 Å². The second-order valence-corrected chi connectivity index (χ2v) is 6.78. The Bertz CT molecular complexity index is 1000. The van der Waals surface area contributed by atoms with E-state index in [1.807, 2.05) is 48.5 Å². The first-order valence-electron chi connectivity index (χ1n) is 9.37. The van der Waals surface area contributed by atoms with E-state index in [1.54, 1.807) is 17.9 Å². The van der Waals surface area contributed by atoms with Gasteiger partial charge in [0.15, 0.2) is 0 Å². The maximum Gasteiger partial charge on any atom is 0.224 e. The number of amides is 1. The molecule has 0 spiro atoms. The van der Waals surface area contributed by atoms with Crippen molar-refractivity contribution < 1.29 is 9.53 Å². The molecule has 0 saturated carbocycles. The fourth-order valence-electron chi connectivity index (χ4n) is 3.33. The number of anilines is 1. The number of nitrogens with zero attached hydrogens (tertiary/aromatic N) is 1. The quantitative estimate of drug-likeness (QED) is 0.542. The number of carbonyl (C=O) groups is 1. The molecule has 3 rings (SSSR count). The van der Waals surface area contributed by atoms with Gasteiger partial charge in [0.25, 0.3) is 0 Å². The molecule has 1 N–H and O–H groups in total. The Morgan fingerprint density at radius 2 is 1.93 bits per heavy atom. The molecule has 0 radical (unpaired) electrons. The van der Waals surface area contributed by atoms with Crippen molar-refractivity contribution in [2.45, 2.75) is 26.9 Å². The predicted molar refractivity (Wildman–Crippen MR) is 116 cm³/mol. The topological polar surface area (TPSA) is 45.3 Å². The number of aromatic amines is 1. The van der Waals surface area contributed by atoms with Crippen molar-refractivity contribution >= 4 is 22.5 Å². The first-order chi connectivity index (χ1) is 13.5. The standard InChI is InChI=1S/C24H26N2O2/c1-5-10-22-17(3)21-14-20(26(13-6-2)18(4)27)15-23(24(21)25-22)28-16-19-11-8-7-9-12-19/h5-9,11-12,14-15,25H,1-2,10,13,16H2,3-4H3. The number of hydrogen-bond acceptors (Lipinski definition) is 2. The van der Waals surface area contributed by atoms with Gasteiger partial charge in [0.2, 0.25) is 5.91 Å². The average Bonchev–Trinajstić information content (AvgIpc) is 3.01. The van der Waals surface area contributed by atoms with Crippen molar-refractivity contribution in [2.75, 3.05) is 11.4 Å². The van der Waals surface area contributed by atoms with Crippen LogP contribution in [0.15, 0.2) is 67.8 Å². The number of hydrogen-bond donors (Lipinski definition) is 1. The zero-order valence-electron chi connectivity index (χ0n) is 16.5. The molecule has 0 atom stereocenters. The van der Waals surface area contributed by atoms with Gasteiger partial charge < -0.3 is 14.6 Å². The molecule has 1 heterocycles. The van der Waals surface area contributed by atoms with Crippen LogP contribution in [0, 0.1) is 6.92 Å². The molecular formula is C24H26N2O2. The second-order valence-electron chi connectivity index (χ2n) is 6.78. The van der Waals surface area contributed by atoms with E-state index in [1.165, 1.54) is 0 Å². The molecule has 1 aromatic heterocycles. The van der Waals surface area contributed by atoms with E-state index >= 15 is 0 Å². The maximum atomic E-state index is 12.2. The molecule has 0 aliphatic carbocycles. The highest BCUT2D eigenvalue weighted by Gasteiger charge is 2.17. The Morgan fingerprint density at radius 3 is 2.57 bits per heavy atom. The number of benzene rings is 2. The molecule has 0 saturated heterocycles. The fraction of sp³-hybridized carbons (Fsp3) is 0.208. The van der Waals surface area contributed by atoms with Crippen molar-refractivity contribution in [3.63, 3.8) is 0 Å².